The van der Waals surface area contributed by atoms with Crippen LogP contribution in [0.1, 0.15) is 24.4 Å². The monoisotopic (exact) mass is 346 g/mol. The molecule has 126 valence electrons. The molecule has 2 aromatic rings. The number of aryl methyl sites for hydroxylation is 2. The quantitative estimate of drug-likeness (QED) is 0.861. The third kappa shape index (κ3) is 2.62. The van der Waals surface area contributed by atoms with Crippen molar-refractivity contribution in [1.29, 1.82) is 0 Å². The first-order chi connectivity index (χ1) is 11.3. The fourth-order valence-electron chi connectivity index (χ4n) is 2.48. The molecule has 1 aliphatic rings. The molecule has 1 aromatic heterocycles. The summed E-state index contributed by atoms with van der Waals surface area (Å²) in [6.45, 7) is 5.35. The number of hydrogen-bond acceptors (Lipinski definition) is 6. The average molecular weight is 346 g/mol. The zero-order valence-electron chi connectivity index (χ0n) is 13.9. The van der Waals surface area contributed by atoms with Crippen LogP contribution in [-0.4, -0.2) is 34.7 Å². The number of benzene rings is 1. The van der Waals surface area contributed by atoms with Crippen LogP contribution in [0.4, 0.5) is 10.8 Å². The third-order valence-electron chi connectivity index (χ3n) is 3.93. The molecule has 1 unspecified atom stereocenters. The van der Waals surface area contributed by atoms with Crippen molar-refractivity contribution < 1.29 is 14.3 Å². The van der Waals surface area contributed by atoms with Crippen molar-refractivity contribution in [1.82, 2.24) is 10.2 Å². The second-order valence-electron chi connectivity index (χ2n) is 5.78. The maximum atomic E-state index is 12.7. The summed E-state index contributed by atoms with van der Waals surface area (Å²) in [5.74, 6) is -0.505. The van der Waals surface area contributed by atoms with Crippen LogP contribution >= 0.6 is 11.3 Å². The minimum absolute atomic E-state index is 0.354. The van der Waals surface area contributed by atoms with E-state index in [0.717, 1.165) is 17.0 Å². The van der Waals surface area contributed by atoms with Crippen molar-refractivity contribution in [3.63, 3.8) is 0 Å². The van der Waals surface area contributed by atoms with E-state index in [1.54, 1.807) is 13.1 Å². The Balaban J connectivity index is 1.90. The van der Waals surface area contributed by atoms with E-state index in [1.807, 2.05) is 26.0 Å². The number of carbonyl (C=O) groups excluding carboxylic acids is 2. The molecule has 0 fully saturated rings. The topological polar surface area (TPSA) is 84.4 Å². The second kappa shape index (κ2) is 5.86. The fraction of sp³-hybridized carbons (Fsp3) is 0.375. The van der Waals surface area contributed by atoms with Crippen LogP contribution in [0.15, 0.2) is 18.2 Å². The predicted octanol–water partition coefficient (Wildman–Crippen LogP) is 2.16. The number of carbonyl (C=O) groups is 2. The highest BCUT2D eigenvalue weighted by molar-refractivity contribution is 7.15. The van der Waals surface area contributed by atoms with Crippen molar-refractivity contribution in [3.05, 3.63) is 28.8 Å². The molecule has 7 nitrogen and oxygen atoms in total. The van der Waals surface area contributed by atoms with Gasteiger partial charge in [0.2, 0.25) is 5.13 Å². The number of amides is 2. The van der Waals surface area contributed by atoms with Crippen molar-refractivity contribution in [2.24, 2.45) is 0 Å². The number of hydrogen-bond donors (Lipinski definition) is 1. The number of aromatic nitrogens is 2. The number of anilines is 2. The molecule has 1 aliphatic heterocycles. The van der Waals surface area contributed by atoms with E-state index in [1.165, 1.54) is 23.2 Å². The Morgan fingerprint density at radius 2 is 2.17 bits per heavy atom. The summed E-state index contributed by atoms with van der Waals surface area (Å²) in [4.78, 5) is 26.8. The molecule has 1 N–H and O–H groups in total. The van der Waals surface area contributed by atoms with E-state index in [2.05, 4.69) is 15.5 Å². The molecule has 2 heterocycles. The van der Waals surface area contributed by atoms with Gasteiger partial charge in [0.05, 0.1) is 5.69 Å². The van der Waals surface area contributed by atoms with Gasteiger partial charge in [0.1, 0.15) is 10.8 Å². The Kier molecular flexibility index (Phi) is 4.00. The summed E-state index contributed by atoms with van der Waals surface area (Å²) in [5, 5.41) is 11.7. The van der Waals surface area contributed by atoms with Crippen molar-refractivity contribution >= 4 is 34.0 Å². The first-order valence-electron chi connectivity index (χ1n) is 7.57. The minimum atomic E-state index is -1.66. The van der Waals surface area contributed by atoms with Gasteiger partial charge in [-0.15, -0.1) is 10.2 Å². The maximum Gasteiger partial charge on any atom is 0.280 e. The lowest BCUT2D eigenvalue weighted by molar-refractivity contribution is -0.144. The van der Waals surface area contributed by atoms with Crippen LogP contribution in [-0.2, 0) is 16.0 Å². The molecular weight excluding hydrogens is 328 g/mol. The first kappa shape index (κ1) is 16.4. The lowest BCUT2D eigenvalue weighted by Gasteiger charge is -2.37. The van der Waals surface area contributed by atoms with Gasteiger partial charge in [-0.1, -0.05) is 24.3 Å². The van der Waals surface area contributed by atoms with Crippen LogP contribution in [0.3, 0.4) is 0 Å². The first-order valence-corrected chi connectivity index (χ1v) is 8.38. The number of rotatable bonds is 3. The molecular formula is C16H18N4O3S. The highest BCUT2D eigenvalue weighted by Gasteiger charge is 2.50. The van der Waals surface area contributed by atoms with Gasteiger partial charge in [-0.3, -0.25) is 14.9 Å². The molecule has 8 heteroatoms. The number of ether oxygens (including phenoxy) is 1. The highest BCUT2D eigenvalue weighted by Crippen LogP contribution is 2.38. The molecule has 0 aliphatic carbocycles. The smallest absolute Gasteiger partial charge is 0.280 e. The Morgan fingerprint density at radius 3 is 2.83 bits per heavy atom. The summed E-state index contributed by atoms with van der Waals surface area (Å²) >= 11 is 1.28. The molecule has 1 aromatic carbocycles. The van der Waals surface area contributed by atoms with Gasteiger partial charge >= 0.3 is 0 Å². The zero-order valence-corrected chi connectivity index (χ0v) is 14.7. The van der Waals surface area contributed by atoms with E-state index in [4.69, 9.17) is 4.74 Å². The number of nitrogens with one attached hydrogen (secondary N) is 1. The number of nitrogens with zero attached hydrogens (tertiary/aromatic N) is 3. The van der Waals surface area contributed by atoms with Gasteiger partial charge in [-0.25, -0.2) is 0 Å². The summed E-state index contributed by atoms with van der Waals surface area (Å²) in [6.07, 6.45) is 0.732. The molecule has 0 saturated carbocycles. The van der Waals surface area contributed by atoms with Crippen molar-refractivity contribution in [2.45, 2.75) is 32.8 Å². The zero-order chi connectivity index (χ0) is 17.5. The predicted molar refractivity (Wildman–Crippen MR) is 91.5 cm³/mol. The largest absolute Gasteiger partial charge is 0.465 e. The van der Waals surface area contributed by atoms with E-state index < -0.39 is 17.4 Å². The molecule has 0 radical (unpaired) electrons. The van der Waals surface area contributed by atoms with Crippen LogP contribution in [0.5, 0.6) is 5.75 Å². The molecule has 0 saturated heterocycles. The lowest BCUT2D eigenvalue weighted by Crippen LogP contribution is -2.59. The summed E-state index contributed by atoms with van der Waals surface area (Å²) in [7, 11) is 1.63. The molecule has 0 spiro atoms. The Morgan fingerprint density at radius 1 is 1.42 bits per heavy atom. The average Bonchev–Trinajstić information content (AvgIpc) is 3.01. The van der Waals surface area contributed by atoms with Crippen LogP contribution < -0.4 is 15.0 Å². The van der Waals surface area contributed by atoms with Crippen LogP contribution in [0, 0.1) is 6.92 Å². The van der Waals surface area contributed by atoms with E-state index in [0.29, 0.717) is 16.6 Å². The molecule has 3 rings (SSSR count). The Bertz CT molecular complexity index is 819. The van der Waals surface area contributed by atoms with E-state index in [9.17, 15) is 9.59 Å². The molecule has 2 amide bonds. The number of fused-ring (bicyclic) bond motifs is 1. The van der Waals surface area contributed by atoms with Crippen molar-refractivity contribution in [3.8, 4) is 5.75 Å². The summed E-state index contributed by atoms with van der Waals surface area (Å²) in [5.41, 5.74) is -0.00447. The maximum absolute atomic E-state index is 12.7. The van der Waals surface area contributed by atoms with Gasteiger partial charge in [0.25, 0.3) is 17.4 Å². The molecule has 0 bridgehead atoms. The fourth-order valence-corrected chi connectivity index (χ4v) is 3.15. The van der Waals surface area contributed by atoms with Gasteiger partial charge in [-0.2, -0.15) is 0 Å². The standard InChI is InChI=1S/C16H18N4O3S/c1-5-12-18-19-15(24-12)17-13(21)16(3)14(22)20(4)10-8-9(2)6-7-11(10)23-16/h6-8H,5H2,1-4H3,(H,17,19,21). The summed E-state index contributed by atoms with van der Waals surface area (Å²) in [6, 6.07) is 5.49. The second-order valence-corrected chi connectivity index (χ2v) is 6.84. The SMILES string of the molecule is CCc1nnc(NC(=O)C2(C)Oc3ccc(C)cc3N(C)C2=O)s1. The summed E-state index contributed by atoms with van der Waals surface area (Å²) < 4.78 is 5.78. The Hall–Kier alpha value is -2.48. The normalized spacial score (nSPS) is 19.7. The van der Waals surface area contributed by atoms with Gasteiger partial charge in [-0.05, 0) is 38.0 Å². The molecule has 1 atom stereocenters. The van der Waals surface area contributed by atoms with Gasteiger partial charge in [0.15, 0.2) is 0 Å². The van der Waals surface area contributed by atoms with Crippen LogP contribution in [0.25, 0.3) is 0 Å². The minimum Gasteiger partial charge on any atom is -0.465 e. The van der Waals surface area contributed by atoms with E-state index in [-0.39, 0.29) is 0 Å². The molecule has 24 heavy (non-hydrogen) atoms. The van der Waals surface area contributed by atoms with E-state index >= 15 is 0 Å². The van der Waals surface area contributed by atoms with Gasteiger partial charge < -0.3 is 9.64 Å². The lowest BCUT2D eigenvalue weighted by atomic mass is 10.00. The third-order valence-corrected chi connectivity index (χ3v) is 4.91. The van der Waals surface area contributed by atoms with Crippen LogP contribution in [0.2, 0.25) is 0 Å². The van der Waals surface area contributed by atoms with Gasteiger partial charge in [0, 0.05) is 7.05 Å². The van der Waals surface area contributed by atoms with Crippen molar-refractivity contribution in [2.75, 3.05) is 17.3 Å². The highest BCUT2D eigenvalue weighted by atomic mass is 32.1. The Labute approximate surface area is 143 Å². The number of likely N-dealkylation sites (N-methyl/N-ethyl adjacent to an activating group) is 1.